The Bertz CT molecular complexity index is 1440. The summed E-state index contributed by atoms with van der Waals surface area (Å²) in [7, 11) is 4.19. The maximum absolute atomic E-state index is 13.1. The first-order valence-electron chi connectivity index (χ1n) is 10.7. The number of hydrogen-bond donors (Lipinski definition) is 2. The number of para-hydroxylation sites is 1. The monoisotopic (exact) mass is 476 g/mol. The van der Waals surface area contributed by atoms with E-state index in [1.807, 2.05) is 6.07 Å². The molecule has 0 aliphatic carbocycles. The lowest BCUT2D eigenvalue weighted by atomic mass is 9.85. The molecule has 0 saturated heterocycles. The lowest BCUT2D eigenvalue weighted by Crippen LogP contribution is -2.13. The summed E-state index contributed by atoms with van der Waals surface area (Å²) in [6.45, 7) is 0. The molecule has 0 amide bonds. The smallest absolute Gasteiger partial charge is 0.306 e. The highest BCUT2D eigenvalue weighted by molar-refractivity contribution is 5.91. The van der Waals surface area contributed by atoms with Gasteiger partial charge in [-0.2, -0.15) is 0 Å². The van der Waals surface area contributed by atoms with Crippen molar-refractivity contribution in [1.82, 2.24) is 0 Å². The molecule has 0 fully saturated rings. The Balaban J connectivity index is 2.09. The van der Waals surface area contributed by atoms with Gasteiger partial charge in [0.1, 0.15) is 28.2 Å². The second-order valence-electron chi connectivity index (χ2n) is 7.79. The maximum Gasteiger partial charge on any atom is 0.306 e. The first kappa shape index (κ1) is 23.7. The molecule has 0 saturated carbocycles. The summed E-state index contributed by atoms with van der Waals surface area (Å²) in [5, 5.41) is 21.4. The molecule has 4 rings (SSSR count). The Morgan fingerprint density at radius 1 is 0.943 bits per heavy atom. The predicted molar refractivity (Wildman–Crippen MR) is 129 cm³/mol. The van der Waals surface area contributed by atoms with Crippen LogP contribution in [-0.4, -0.2) is 37.5 Å². The van der Waals surface area contributed by atoms with E-state index in [1.54, 1.807) is 42.5 Å². The summed E-state index contributed by atoms with van der Waals surface area (Å²) < 4.78 is 22.0. The van der Waals surface area contributed by atoms with Crippen molar-refractivity contribution in [3.8, 4) is 34.3 Å². The van der Waals surface area contributed by atoms with Gasteiger partial charge in [-0.3, -0.25) is 9.59 Å². The van der Waals surface area contributed by atoms with Crippen LogP contribution in [0, 0.1) is 0 Å². The minimum Gasteiger partial charge on any atom is -0.507 e. The first-order valence-corrected chi connectivity index (χ1v) is 10.7. The van der Waals surface area contributed by atoms with Gasteiger partial charge in [-0.25, -0.2) is 0 Å². The first-order chi connectivity index (χ1) is 16.9. The summed E-state index contributed by atoms with van der Waals surface area (Å²) in [5.41, 5.74) is 0.701. The lowest BCUT2D eigenvalue weighted by Gasteiger charge is -2.23. The van der Waals surface area contributed by atoms with Gasteiger partial charge in [-0.15, -0.1) is 0 Å². The van der Waals surface area contributed by atoms with E-state index in [1.165, 1.54) is 27.4 Å². The summed E-state index contributed by atoms with van der Waals surface area (Å²) in [5.74, 6) is -1.25. The van der Waals surface area contributed by atoms with Crippen LogP contribution in [0.25, 0.3) is 22.3 Å². The zero-order chi connectivity index (χ0) is 25.1. The number of phenolic OH excluding ortho intramolecular Hbond substituents is 2. The van der Waals surface area contributed by atoms with Crippen molar-refractivity contribution in [1.29, 1.82) is 0 Å². The van der Waals surface area contributed by atoms with Gasteiger partial charge >= 0.3 is 5.97 Å². The van der Waals surface area contributed by atoms with E-state index in [-0.39, 0.29) is 34.5 Å². The van der Waals surface area contributed by atoms with Crippen molar-refractivity contribution in [3.63, 3.8) is 0 Å². The molecular formula is C27H24O8. The van der Waals surface area contributed by atoms with Gasteiger partial charge in [0.15, 0.2) is 16.9 Å². The number of hydrogen-bond acceptors (Lipinski definition) is 8. The van der Waals surface area contributed by atoms with Gasteiger partial charge in [-0.1, -0.05) is 42.5 Å². The van der Waals surface area contributed by atoms with Crippen molar-refractivity contribution < 1.29 is 33.6 Å². The third-order valence-corrected chi connectivity index (χ3v) is 5.81. The third-order valence-electron chi connectivity index (χ3n) is 5.81. The molecule has 8 nitrogen and oxygen atoms in total. The standard InChI is InChI=1S/C27H24O8/c1-32-21-11-7-10-16(26(21)34-3)17(12-23(31)33-2)24-18(28)13-19(29)25-20(30)14-22(35-27(24)25)15-8-5-4-6-9-15/h4-11,13-14,17,28-29H,12H2,1-3H3/t17-/m0/s1. The lowest BCUT2D eigenvalue weighted by molar-refractivity contribution is -0.140. The van der Waals surface area contributed by atoms with E-state index in [0.29, 0.717) is 22.6 Å². The highest BCUT2D eigenvalue weighted by atomic mass is 16.5. The fraction of sp³-hybridized carbons (Fsp3) is 0.185. The van der Waals surface area contributed by atoms with Crippen molar-refractivity contribution in [2.45, 2.75) is 12.3 Å². The summed E-state index contributed by atoms with van der Waals surface area (Å²) in [6, 6.07) is 16.4. The number of aromatic hydroxyl groups is 2. The van der Waals surface area contributed by atoms with Crippen molar-refractivity contribution in [2.75, 3.05) is 21.3 Å². The molecule has 180 valence electrons. The van der Waals surface area contributed by atoms with Crippen LogP contribution in [0.15, 0.2) is 69.9 Å². The molecule has 4 aromatic rings. The molecule has 0 aliphatic rings. The van der Waals surface area contributed by atoms with Crippen LogP contribution in [0.1, 0.15) is 23.5 Å². The largest absolute Gasteiger partial charge is 0.507 e. The number of carbonyl (C=O) groups excluding carboxylic acids is 1. The predicted octanol–water partition coefficient (Wildman–Crippen LogP) is 4.58. The molecule has 0 aliphatic heterocycles. The Hall–Kier alpha value is -4.46. The molecular weight excluding hydrogens is 452 g/mol. The third kappa shape index (κ3) is 4.38. The second kappa shape index (κ2) is 9.80. The number of ether oxygens (including phenoxy) is 3. The topological polar surface area (TPSA) is 115 Å². The second-order valence-corrected chi connectivity index (χ2v) is 7.79. The van der Waals surface area contributed by atoms with Crippen LogP contribution >= 0.6 is 0 Å². The van der Waals surface area contributed by atoms with Gasteiger partial charge in [-0.05, 0) is 6.07 Å². The van der Waals surface area contributed by atoms with Crippen molar-refractivity contribution in [2.24, 2.45) is 0 Å². The number of carbonyl (C=O) groups is 1. The summed E-state index contributed by atoms with van der Waals surface area (Å²) >= 11 is 0. The van der Waals surface area contributed by atoms with Crippen LogP contribution in [0.4, 0.5) is 0 Å². The minimum atomic E-state index is -0.871. The average molecular weight is 476 g/mol. The molecule has 3 aromatic carbocycles. The molecule has 1 atom stereocenters. The Morgan fingerprint density at radius 3 is 2.34 bits per heavy atom. The molecule has 1 aromatic heterocycles. The van der Waals surface area contributed by atoms with E-state index < -0.39 is 23.1 Å². The molecule has 0 unspecified atom stereocenters. The molecule has 2 N–H and O–H groups in total. The van der Waals surface area contributed by atoms with Gasteiger partial charge in [0.25, 0.3) is 0 Å². The van der Waals surface area contributed by atoms with Gasteiger partial charge in [0.05, 0.1) is 27.8 Å². The number of rotatable bonds is 7. The Morgan fingerprint density at radius 2 is 1.69 bits per heavy atom. The average Bonchev–Trinajstić information content (AvgIpc) is 2.87. The molecule has 1 heterocycles. The number of phenols is 2. The number of esters is 1. The van der Waals surface area contributed by atoms with Crippen LogP contribution in [-0.2, 0) is 9.53 Å². The van der Waals surface area contributed by atoms with Crippen LogP contribution in [0.2, 0.25) is 0 Å². The number of fused-ring (bicyclic) bond motifs is 1. The SMILES string of the molecule is COC(=O)C[C@@H](c1cccc(OC)c1OC)c1c(O)cc(O)c2c(=O)cc(-c3ccccc3)oc12. The van der Waals surface area contributed by atoms with Crippen molar-refractivity contribution >= 4 is 16.9 Å². The van der Waals surface area contributed by atoms with Gasteiger partial charge in [0, 0.05) is 34.7 Å². The fourth-order valence-electron chi connectivity index (χ4n) is 4.21. The molecule has 8 heteroatoms. The van der Waals surface area contributed by atoms with Crippen LogP contribution in [0.5, 0.6) is 23.0 Å². The highest BCUT2D eigenvalue weighted by Crippen LogP contribution is 2.46. The molecule has 0 spiro atoms. The van der Waals surface area contributed by atoms with E-state index in [9.17, 15) is 19.8 Å². The number of methoxy groups -OCH3 is 3. The maximum atomic E-state index is 13.1. The zero-order valence-electron chi connectivity index (χ0n) is 19.4. The molecule has 0 bridgehead atoms. The molecule has 35 heavy (non-hydrogen) atoms. The Kier molecular flexibility index (Phi) is 6.64. The summed E-state index contributed by atoms with van der Waals surface area (Å²) in [4.78, 5) is 25.6. The Labute approximate surface area is 200 Å². The normalized spacial score (nSPS) is 11.7. The van der Waals surface area contributed by atoms with Crippen molar-refractivity contribution in [3.05, 3.63) is 82.0 Å². The van der Waals surface area contributed by atoms with Gasteiger partial charge < -0.3 is 28.8 Å². The quantitative estimate of drug-likeness (QED) is 0.372. The zero-order valence-corrected chi connectivity index (χ0v) is 19.4. The van der Waals surface area contributed by atoms with E-state index >= 15 is 0 Å². The summed E-state index contributed by atoms with van der Waals surface area (Å²) in [6.07, 6.45) is -0.216. The highest BCUT2D eigenvalue weighted by Gasteiger charge is 2.31. The van der Waals surface area contributed by atoms with E-state index in [0.717, 1.165) is 6.07 Å². The van der Waals surface area contributed by atoms with Crippen LogP contribution in [0.3, 0.4) is 0 Å². The fourth-order valence-corrected chi connectivity index (χ4v) is 4.21. The van der Waals surface area contributed by atoms with E-state index in [4.69, 9.17) is 18.6 Å². The molecule has 0 radical (unpaired) electrons. The number of benzene rings is 3. The van der Waals surface area contributed by atoms with Crippen LogP contribution < -0.4 is 14.9 Å². The van der Waals surface area contributed by atoms with Gasteiger partial charge in [0.2, 0.25) is 0 Å². The van der Waals surface area contributed by atoms with E-state index in [2.05, 4.69) is 0 Å². The minimum absolute atomic E-state index is 0.0485.